The van der Waals surface area contributed by atoms with E-state index in [0.29, 0.717) is 5.57 Å². The van der Waals surface area contributed by atoms with Crippen molar-refractivity contribution >= 4 is 11.8 Å². The molecule has 1 heterocycles. The fourth-order valence-electron chi connectivity index (χ4n) is 0.640. The largest absolute Gasteiger partial charge is 0.465 e. The second-order valence-corrected chi connectivity index (χ2v) is 1.85. The topological polar surface area (TPSA) is 38.7 Å². The van der Waals surface area contributed by atoms with Crippen LogP contribution in [0, 0.1) is 0 Å². The van der Waals surface area contributed by atoms with Crippen LogP contribution >= 0.6 is 0 Å². The summed E-state index contributed by atoms with van der Waals surface area (Å²) in [6.45, 7) is 0. The van der Waals surface area contributed by atoms with Crippen molar-refractivity contribution in [2.75, 3.05) is 7.11 Å². The summed E-state index contributed by atoms with van der Waals surface area (Å²) in [5.74, 6) is 2.22. The number of allylic oxidation sites excluding steroid dienone is 2. The number of aliphatic imine (C=N–C) groups is 1. The number of hydrogen-bond acceptors (Lipinski definition) is 3. The monoisotopic (exact) mass is 149 g/mol. The SMILES string of the molecule is COC(=O)C1=CC=C=NC=C1. The van der Waals surface area contributed by atoms with Crippen molar-refractivity contribution in [3.63, 3.8) is 0 Å². The van der Waals surface area contributed by atoms with E-state index in [1.54, 1.807) is 18.2 Å². The third-order valence-corrected chi connectivity index (χ3v) is 1.16. The van der Waals surface area contributed by atoms with Crippen LogP contribution in [0.2, 0.25) is 0 Å². The van der Waals surface area contributed by atoms with Crippen molar-refractivity contribution in [2.45, 2.75) is 0 Å². The first-order chi connectivity index (χ1) is 5.34. The second-order valence-electron chi connectivity index (χ2n) is 1.85. The molecule has 11 heavy (non-hydrogen) atoms. The molecule has 3 heteroatoms. The van der Waals surface area contributed by atoms with Crippen LogP contribution in [0.25, 0.3) is 0 Å². The van der Waals surface area contributed by atoms with Gasteiger partial charge in [-0.15, -0.1) is 0 Å². The summed E-state index contributed by atoms with van der Waals surface area (Å²) in [7, 11) is 1.34. The zero-order chi connectivity index (χ0) is 8.10. The molecule has 0 aromatic rings. The van der Waals surface area contributed by atoms with E-state index >= 15 is 0 Å². The molecular weight excluding hydrogens is 142 g/mol. The lowest BCUT2D eigenvalue weighted by atomic mass is 10.2. The molecule has 0 spiro atoms. The Balaban J connectivity index is 2.83. The number of carbonyl (C=O) groups is 1. The lowest BCUT2D eigenvalue weighted by Crippen LogP contribution is -2.01. The molecular formula is C8H7NO2. The molecule has 0 aromatic carbocycles. The highest BCUT2D eigenvalue weighted by Gasteiger charge is 2.03. The predicted octanol–water partition coefficient (Wildman–Crippen LogP) is 0.839. The zero-order valence-corrected chi connectivity index (χ0v) is 6.07. The van der Waals surface area contributed by atoms with E-state index < -0.39 is 0 Å². The number of nitrogens with zero attached hydrogens (tertiary/aromatic N) is 1. The van der Waals surface area contributed by atoms with E-state index in [0.717, 1.165) is 0 Å². The second kappa shape index (κ2) is 3.54. The number of methoxy groups -OCH3 is 1. The average molecular weight is 149 g/mol. The molecule has 0 aromatic heterocycles. The molecule has 0 saturated carbocycles. The number of esters is 1. The van der Waals surface area contributed by atoms with Crippen LogP contribution < -0.4 is 0 Å². The van der Waals surface area contributed by atoms with Crippen LogP contribution in [0.5, 0.6) is 0 Å². The number of ether oxygens (including phenoxy) is 1. The van der Waals surface area contributed by atoms with Crippen LogP contribution in [0.4, 0.5) is 0 Å². The van der Waals surface area contributed by atoms with Gasteiger partial charge >= 0.3 is 5.97 Å². The molecule has 0 fully saturated rings. The van der Waals surface area contributed by atoms with Gasteiger partial charge in [0.2, 0.25) is 0 Å². The lowest BCUT2D eigenvalue weighted by Gasteiger charge is -1.95. The quantitative estimate of drug-likeness (QED) is 0.518. The Hall–Kier alpha value is -1.60. The minimum Gasteiger partial charge on any atom is -0.465 e. The van der Waals surface area contributed by atoms with Crippen LogP contribution in [-0.4, -0.2) is 18.9 Å². The average Bonchev–Trinajstić information content (AvgIpc) is 2.30. The highest BCUT2D eigenvalue weighted by atomic mass is 16.5. The molecule has 0 saturated heterocycles. The molecule has 0 N–H and O–H groups in total. The minimum atomic E-state index is -0.364. The summed E-state index contributed by atoms with van der Waals surface area (Å²) in [6, 6.07) is 0. The maximum absolute atomic E-state index is 10.9. The summed E-state index contributed by atoms with van der Waals surface area (Å²) >= 11 is 0. The van der Waals surface area contributed by atoms with Crippen molar-refractivity contribution in [1.82, 2.24) is 0 Å². The maximum atomic E-state index is 10.9. The van der Waals surface area contributed by atoms with E-state index in [-0.39, 0.29) is 5.97 Å². The van der Waals surface area contributed by atoms with Gasteiger partial charge < -0.3 is 4.74 Å². The number of rotatable bonds is 1. The van der Waals surface area contributed by atoms with E-state index in [4.69, 9.17) is 0 Å². The molecule has 0 aliphatic carbocycles. The van der Waals surface area contributed by atoms with E-state index in [9.17, 15) is 4.79 Å². The van der Waals surface area contributed by atoms with Crippen molar-refractivity contribution < 1.29 is 9.53 Å². The van der Waals surface area contributed by atoms with Crippen molar-refractivity contribution in [3.8, 4) is 0 Å². The van der Waals surface area contributed by atoms with E-state index in [1.165, 1.54) is 13.3 Å². The van der Waals surface area contributed by atoms with Crippen molar-refractivity contribution in [2.24, 2.45) is 4.99 Å². The van der Waals surface area contributed by atoms with Crippen molar-refractivity contribution in [3.05, 3.63) is 30.0 Å². The summed E-state index contributed by atoms with van der Waals surface area (Å²) < 4.78 is 4.50. The molecule has 0 amide bonds. The Kier molecular flexibility index (Phi) is 2.42. The van der Waals surface area contributed by atoms with Gasteiger partial charge in [-0.3, -0.25) is 0 Å². The molecule has 0 atom stereocenters. The maximum Gasteiger partial charge on any atom is 0.337 e. The molecule has 56 valence electrons. The van der Waals surface area contributed by atoms with Crippen LogP contribution in [0.3, 0.4) is 0 Å². The van der Waals surface area contributed by atoms with E-state index in [1.807, 2.05) is 0 Å². The van der Waals surface area contributed by atoms with E-state index in [2.05, 4.69) is 15.6 Å². The highest BCUT2D eigenvalue weighted by Crippen LogP contribution is 2.01. The smallest absolute Gasteiger partial charge is 0.337 e. The molecule has 1 rings (SSSR count). The van der Waals surface area contributed by atoms with Gasteiger partial charge in [-0.05, 0) is 18.0 Å². The Labute approximate surface area is 64.4 Å². The third kappa shape index (κ3) is 1.92. The fraction of sp³-hybridized carbons (Fsp3) is 0.125. The van der Waals surface area contributed by atoms with Crippen LogP contribution in [0.1, 0.15) is 0 Å². The molecule has 0 unspecified atom stereocenters. The fourth-order valence-corrected chi connectivity index (χ4v) is 0.640. The molecule has 1 aliphatic heterocycles. The predicted molar refractivity (Wildman–Crippen MR) is 41.2 cm³/mol. The number of carbonyl (C=O) groups excluding carboxylic acids is 1. The van der Waals surface area contributed by atoms with Gasteiger partial charge in [0.05, 0.1) is 12.7 Å². The molecule has 0 bridgehead atoms. The molecule has 0 radical (unpaired) electrons. The minimum absolute atomic E-state index is 0.364. The Morgan fingerprint density at radius 1 is 1.73 bits per heavy atom. The molecule has 1 aliphatic rings. The van der Waals surface area contributed by atoms with Crippen LogP contribution in [-0.2, 0) is 9.53 Å². The van der Waals surface area contributed by atoms with Crippen molar-refractivity contribution in [1.29, 1.82) is 0 Å². The first kappa shape index (κ1) is 7.51. The Morgan fingerprint density at radius 2 is 2.55 bits per heavy atom. The van der Waals surface area contributed by atoms with Gasteiger partial charge in [-0.2, -0.15) is 0 Å². The highest BCUT2D eigenvalue weighted by molar-refractivity contribution is 5.92. The molecule has 3 nitrogen and oxygen atoms in total. The van der Waals surface area contributed by atoms with Gasteiger partial charge in [0, 0.05) is 12.3 Å². The number of hydrogen-bond donors (Lipinski definition) is 0. The first-order valence-electron chi connectivity index (χ1n) is 3.08. The summed E-state index contributed by atoms with van der Waals surface area (Å²) in [6.07, 6.45) is 6.22. The lowest BCUT2D eigenvalue weighted by molar-refractivity contribution is -0.135. The normalized spacial score (nSPS) is 14.1. The Morgan fingerprint density at radius 3 is 3.27 bits per heavy atom. The zero-order valence-electron chi connectivity index (χ0n) is 6.07. The summed E-state index contributed by atoms with van der Waals surface area (Å²) in [5.41, 5.74) is 0.473. The van der Waals surface area contributed by atoms with Crippen LogP contribution in [0.15, 0.2) is 35.0 Å². The Bertz CT molecular complexity index is 280. The van der Waals surface area contributed by atoms with Gasteiger partial charge in [0.1, 0.15) is 0 Å². The van der Waals surface area contributed by atoms with Gasteiger partial charge in [0.25, 0.3) is 0 Å². The summed E-state index contributed by atoms with van der Waals surface area (Å²) in [4.78, 5) is 14.6. The van der Waals surface area contributed by atoms with Gasteiger partial charge in [-0.1, -0.05) is 0 Å². The summed E-state index contributed by atoms with van der Waals surface area (Å²) in [5, 5.41) is 0. The van der Waals surface area contributed by atoms with Gasteiger partial charge in [-0.25, -0.2) is 9.79 Å². The third-order valence-electron chi connectivity index (χ3n) is 1.16. The first-order valence-corrected chi connectivity index (χ1v) is 3.08. The van der Waals surface area contributed by atoms with Gasteiger partial charge in [0.15, 0.2) is 0 Å². The standard InChI is InChI=1S/C8H7NO2/c1-11-8(10)7-3-2-5-9-6-4-7/h2-4,6H,1H3.